The molecule has 0 saturated heterocycles. The van der Waals surface area contributed by atoms with Gasteiger partial charge in [-0.2, -0.15) is 5.26 Å². The predicted molar refractivity (Wildman–Crippen MR) is 175 cm³/mol. The van der Waals surface area contributed by atoms with Crippen LogP contribution >= 0.6 is 0 Å². The molecule has 0 atom stereocenters. The molecule has 2 N–H and O–H groups in total. The maximum absolute atomic E-state index is 10.7. The van der Waals surface area contributed by atoms with Gasteiger partial charge in [-0.1, -0.05) is 194 Å². The molecule has 0 amide bonds. The summed E-state index contributed by atoms with van der Waals surface area (Å²) in [5.74, 6) is -1.16. The van der Waals surface area contributed by atoms with E-state index in [-0.39, 0.29) is 0 Å². The largest absolute Gasteiger partial charge is 0.481 e. The quantitative estimate of drug-likeness (QED) is 0.0466. The highest BCUT2D eigenvalue weighted by molar-refractivity contribution is 5.68. The Morgan fingerprint density at radius 2 is 0.610 bits per heavy atom. The Hall–Kier alpha value is -1.10. The van der Waals surface area contributed by atoms with Crippen molar-refractivity contribution in [1.82, 2.24) is 0 Å². The van der Waals surface area contributed by atoms with Crippen LogP contribution in [0.15, 0.2) is 0 Å². The first kappa shape index (κ1) is 42.0. The van der Waals surface area contributed by atoms with E-state index in [2.05, 4.69) is 18.7 Å². The van der Waals surface area contributed by atoms with Crippen molar-refractivity contribution in [2.45, 2.75) is 219 Å². The monoisotopic (exact) mass is 585 g/mol. The van der Waals surface area contributed by atoms with Crippen molar-refractivity contribution in [3.8, 4) is 0 Å². The van der Waals surface area contributed by atoms with E-state index in [0.717, 1.165) is 25.7 Å². The molecule has 246 valence electrons. The SMILES string of the molecule is CCCCCCCCCCCCCCCCCC(=O)O.CCCCCCCCCCCCCCCCCC(=O)OO. The summed E-state index contributed by atoms with van der Waals surface area (Å²) < 4.78 is 0. The van der Waals surface area contributed by atoms with Gasteiger partial charge in [-0.05, 0) is 12.8 Å². The van der Waals surface area contributed by atoms with Crippen molar-refractivity contribution < 1.29 is 24.8 Å². The number of carboxylic acid groups (broad SMARTS) is 1. The van der Waals surface area contributed by atoms with E-state index in [1.165, 1.54) is 167 Å². The zero-order valence-corrected chi connectivity index (χ0v) is 27.7. The molecule has 5 nitrogen and oxygen atoms in total. The normalized spacial score (nSPS) is 10.8. The third kappa shape index (κ3) is 43.5. The van der Waals surface area contributed by atoms with E-state index in [4.69, 9.17) is 10.4 Å². The first-order valence-electron chi connectivity index (χ1n) is 18.1. The van der Waals surface area contributed by atoms with E-state index in [0.29, 0.717) is 12.8 Å². The first-order valence-corrected chi connectivity index (χ1v) is 18.1. The van der Waals surface area contributed by atoms with Crippen LogP contribution in [0.1, 0.15) is 219 Å². The molecule has 0 aromatic heterocycles. The van der Waals surface area contributed by atoms with Crippen molar-refractivity contribution in [2.75, 3.05) is 0 Å². The maximum Gasteiger partial charge on any atom is 0.342 e. The molecule has 0 aliphatic rings. The minimum Gasteiger partial charge on any atom is -0.481 e. The summed E-state index contributed by atoms with van der Waals surface area (Å²) in [4.78, 5) is 24.6. The molecule has 0 spiro atoms. The van der Waals surface area contributed by atoms with Crippen LogP contribution in [0.25, 0.3) is 0 Å². The number of hydrogen-bond acceptors (Lipinski definition) is 4. The van der Waals surface area contributed by atoms with Crippen LogP contribution in [0.2, 0.25) is 0 Å². The van der Waals surface area contributed by atoms with Crippen LogP contribution < -0.4 is 0 Å². The number of hydrogen-bond donors (Lipinski definition) is 2. The molecule has 0 unspecified atom stereocenters. The molecule has 0 aliphatic carbocycles. The molecular weight excluding hydrogens is 512 g/mol. The second kappa shape index (κ2) is 38.9. The molecular formula is C36H72O5. The fraction of sp³-hybridized carbons (Fsp3) is 0.944. The van der Waals surface area contributed by atoms with Gasteiger partial charge in [-0.15, -0.1) is 0 Å². The van der Waals surface area contributed by atoms with E-state index >= 15 is 0 Å². The number of unbranched alkanes of at least 4 members (excludes halogenated alkanes) is 28. The van der Waals surface area contributed by atoms with Crippen LogP contribution in [0, 0.1) is 0 Å². The Balaban J connectivity index is 0. The molecule has 0 bridgehead atoms. The van der Waals surface area contributed by atoms with E-state index in [1.54, 1.807) is 0 Å². The van der Waals surface area contributed by atoms with Gasteiger partial charge >= 0.3 is 11.9 Å². The average molecular weight is 585 g/mol. The summed E-state index contributed by atoms with van der Waals surface area (Å²) in [6, 6.07) is 0. The van der Waals surface area contributed by atoms with Crippen LogP contribution in [0.4, 0.5) is 0 Å². The van der Waals surface area contributed by atoms with E-state index in [1.807, 2.05) is 0 Å². The number of rotatable bonds is 32. The summed E-state index contributed by atoms with van der Waals surface area (Å²) >= 11 is 0. The summed E-state index contributed by atoms with van der Waals surface area (Å²) in [6.45, 7) is 4.54. The van der Waals surface area contributed by atoms with Gasteiger partial charge in [0.05, 0.1) is 0 Å². The van der Waals surface area contributed by atoms with Gasteiger partial charge in [0.25, 0.3) is 0 Å². The molecule has 0 rings (SSSR count). The van der Waals surface area contributed by atoms with Gasteiger partial charge < -0.3 is 9.99 Å². The Morgan fingerprint density at radius 1 is 0.390 bits per heavy atom. The van der Waals surface area contributed by atoms with E-state index in [9.17, 15) is 9.59 Å². The van der Waals surface area contributed by atoms with Gasteiger partial charge in [0.2, 0.25) is 0 Å². The Labute approximate surface area is 255 Å². The zero-order valence-electron chi connectivity index (χ0n) is 27.7. The summed E-state index contributed by atoms with van der Waals surface area (Å²) in [5.41, 5.74) is 0. The van der Waals surface area contributed by atoms with Crippen molar-refractivity contribution in [1.29, 1.82) is 0 Å². The molecule has 0 fully saturated rings. The molecule has 0 heterocycles. The number of aliphatic carboxylic acids is 1. The van der Waals surface area contributed by atoms with E-state index < -0.39 is 11.9 Å². The number of carboxylic acids is 1. The third-order valence-corrected chi connectivity index (χ3v) is 8.08. The minimum atomic E-state index is -0.653. The maximum atomic E-state index is 10.7. The van der Waals surface area contributed by atoms with Crippen molar-refractivity contribution in [3.05, 3.63) is 0 Å². The third-order valence-electron chi connectivity index (χ3n) is 8.08. The topological polar surface area (TPSA) is 83.8 Å². The molecule has 0 aliphatic heterocycles. The molecule has 41 heavy (non-hydrogen) atoms. The lowest BCUT2D eigenvalue weighted by Crippen LogP contribution is -1.99. The summed E-state index contributed by atoms with van der Waals surface area (Å²) in [7, 11) is 0. The molecule has 0 aromatic rings. The lowest BCUT2D eigenvalue weighted by atomic mass is 10.0. The first-order chi connectivity index (χ1) is 20.1. The number of carbonyl (C=O) groups is 2. The minimum absolute atomic E-state index is 0.342. The van der Waals surface area contributed by atoms with Crippen LogP contribution in [0.5, 0.6) is 0 Å². The molecule has 0 radical (unpaired) electrons. The predicted octanol–water partition coefficient (Wildman–Crippen LogP) is 12.6. The highest BCUT2D eigenvalue weighted by Crippen LogP contribution is 2.15. The average Bonchev–Trinajstić information content (AvgIpc) is 2.97. The highest BCUT2D eigenvalue weighted by atomic mass is 17.1. The second-order valence-electron chi connectivity index (χ2n) is 12.3. The molecule has 0 aromatic carbocycles. The van der Waals surface area contributed by atoms with Crippen molar-refractivity contribution in [2.24, 2.45) is 0 Å². The Kier molecular flexibility index (Phi) is 39.9. The number of carbonyl (C=O) groups excluding carboxylic acids is 1. The van der Waals surface area contributed by atoms with Gasteiger partial charge in [-0.3, -0.25) is 4.79 Å². The second-order valence-corrected chi connectivity index (χ2v) is 12.3. The van der Waals surface area contributed by atoms with Gasteiger partial charge in [0, 0.05) is 12.8 Å². The fourth-order valence-electron chi connectivity index (χ4n) is 5.33. The van der Waals surface area contributed by atoms with Gasteiger partial charge in [0.15, 0.2) is 0 Å². The highest BCUT2D eigenvalue weighted by Gasteiger charge is 2.01. The standard InChI is InChI=1S/C18H36O3.C18H36O2/c1-2-3-4-5-6-7-8-9-10-11-12-13-14-15-16-17-18(19)21-20;1-2-3-4-5-6-7-8-9-10-11-12-13-14-15-16-17-18(19)20/h20H,2-17H2,1H3;2-17H2,1H3,(H,19,20). The van der Waals surface area contributed by atoms with Gasteiger partial charge in [-0.25, -0.2) is 4.79 Å². The van der Waals surface area contributed by atoms with Crippen LogP contribution in [0.3, 0.4) is 0 Å². The van der Waals surface area contributed by atoms with Crippen molar-refractivity contribution in [3.63, 3.8) is 0 Å². The van der Waals surface area contributed by atoms with Crippen molar-refractivity contribution >= 4 is 11.9 Å². The summed E-state index contributed by atoms with van der Waals surface area (Å²) in [5, 5.41) is 16.6. The lowest BCUT2D eigenvalue weighted by molar-refractivity contribution is -0.234. The lowest BCUT2D eigenvalue weighted by Gasteiger charge is -2.03. The molecule has 5 heteroatoms. The fourth-order valence-corrected chi connectivity index (χ4v) is 5.33. The Morgan fingerprint density at radius 3 is 0.829 bits per heavy atom. The smallest absolute Gasteiger partial charge is 0.342 e. The Bertz CT molecular complexity index is 508. The van der Waals surface area contributed by atoms with Crippen LogP contribution in [-0.2, 0) is 14.5 Å². The van der Waals surface area contributed by atoms with Gasteiger partial charge in [0.1, 0.15) is 0 Å². The molecule has 0 saturated carbocycles. The summed E-state index contributed by atoms with van der Waals surface area (Å²) in [6.07, 6.45) is 40.2. The van der Waals surface area contributed by atoms with Crippen LogP contribution in [-0.4, -0.2) is 22.3 Å². The zero-order chi connectivity index (χ0) is 30.5.